The van der Waals surface area contributed by atoms with Crippen molar-refractivity contribution in [3.63, 3.8) is 0 Å². The molecule has 0 aromatic heterocycles. The van der Waals surface area contributed by atoms with E-state index in [1.54, 1.807) is 0 Å². The molecule has 0 spiro atoms. The molecule has 4 unspecified atom stereocenters. The van der Waals surface area contributed by atoms with Crippen molar-refractivity contribution in [1.29, 1.82) is 0 Å². The Hall–Kier alpha value is -0.520. The summed E-state index contributed by atoms with van der Waals surface area (Å²) in [7, 11) is 0. The fourth-order valence-corrected chi connectivity index (χ4v) is 3.16. The summed E-state index contributed by atoms with van der Waals surface area (Å²) in [5, 5.41) is 20.1. The van der Waals surface area contributed by atoms with Gasteiger partial charge in [0.2, 0.25) is 0 Å². The van der Waals surface area contributed by atoms with E-state index in [0.717, 1.165) is 19.3 Å². The highest BCUT2D eigenvalue weighted by Crippen LogP contribution is 2.45. The van der Waals surface area contributed by atoms with Crippen molar-refractivity contribution in [2.75, 3.05) is 0 Å². The maximum Gasteiger partial charge on any atom is 0.128 e. The number of hydrogen-bond donors (Lipinski definition) is 2. The third-order valence-corrected chi connectivity index (χ3v) is 4.00. The van der Waals surface area contributed by atoms with E-state index in [1.165, 1.54) is 6.42 Å². The zero-order valence-electron chi connectivity index (χ0n) is 8.45. The van der Waals surface area contributed by atoms with E-state index in [-0.39, 0.29) is 17.9 Å². The smallest absolute Gasteiger partial charge is 0.128 e. The largest absolute Gasteiger partial charge is 0.393 e. The van der Waals surface area contributed by atoms with E-state index < -0.39 is 5.60 Å². The van der Waals surface area contributed by atoms with Crippen LogP contribution in [0.5, 0.6) is 0 Å². The molecule has 2 N–H and O–H groups in total. The van der Waals surface area contributed by atoms with Gasteiger partial charge in [-0.1, -0.05) is 18.8 Å². The number of terminal acetylenes is 1. The van der Waals surface area contributed by atoms with Crippen molar-refractivity contribution >= 4 is 0 Å². The highest BCUT2D eigenvalue weighted by atomic mass is 16.3. The molecule has 2 rings (SSSR count). The fraction of sp³-hybridized carbons (Fsp3) is 0.833. The van der Waals surface area contributed by atoms with Crippen LogP contribution in [0.1, 0.15) is 38.5 Å². The summed E-state index contributed by atoms with van der Waals surface area (Å²) in [6.45, 7) is 0. The van der Waals surface area contributed by atoms with Crippen LogP contribution in [0.2, 0.25) is 0 Å². The number of rotatable bonds is 0. The Morgan fingerprint density at radius 2 is 1.93 bits per heavy atom. The van der Waals surface area contributed by atoms with Crippen molar-refractivity contribution in [1.82, 2.24) is 0 Å². The maximum absolute atomic E-state index is 10.2. The average molecular weight is 194 g/mol. The molecule has 78 valence electrons. The van der Waals surface area contributed by atoms with Crippen LogP contribution in [0, 0.1) is 24.2 Å². The Bertz CT molecular complexity index is 256. The first-order valence-electron chi connectivity index (χ1n) is 5.55. The summed E-state index contributed by atoms with van der Waals surface area (Å²) in [6.07, 6.45) is 10.7. The zero-order valence-corrected chi connectivity index (χ0v) is 8.45. The number of fused-ring (bicyclic) bond motifs is 1. The fourth-order valence-electron chi connectivity index (χ4n) is 3.16. The molecule has 0 amide bonds. The van der Waals surface area contributed by atoms with Gasteiger partial charge in [-0.15, -0.1) is 6.42 Å². The zero-order chi connectivity index (χ0) is 10.2. The summed E-state index contributed by atoms with van der Waals surface area (Å²) in [5.41, 5.74) is -0.940. The Labute approximate surface area is 85.3 Å². The molecule has 0 radical (unpaired) electrons. The maximum atomic E-state index is 10.2. The molecular weight excluding hydrogens is 176 g/mol. The quantitative estimate of drug-likeness (QED) is 0.571. The molecule has 0 aromatic carbocycles. The summed E-state index contributed by atoms with van der Waals surface area (Å²) in [6, 6.07) is 0. The lowest BCUT2D eigenvalue weighted by Gasteiger charge is -2.46. The van der Waals surface area contributed by atoms with E-state index in [9.17, 15) is 10.2 Å². The van der Waals surface area contributed by atoms with Gasteiger partial charge in [0.15, 0.2) is 0 Å². The molecule has 2 nitrogen and oxygen atoms in total. The van der Waals surface area contributed by atoms with Gasteiger partial charge in [0.25, 0.3) is 0 Å². The molecule has 2 saturated carbocycles. The van der Waals surface area contributed by atoms with Crippen LogP contribution in [-0.2, 0) is 0 Å². The summed E-state index contributed by atoms with van der Waals surface area (Å²) >= 11 is 0. The lowest BCUT2D eigenvalue weighted by molar-refractivity contribution is -0.0969. The highest BCUT2D eigenvalue weighted by Gasteiger charge is 2.47. The van der Waals surface area contributed by atoms with Crippen molar-refractivity contribution in [3.8, 4) is 12.3 Å². The second kappa shape index (κ2) is 3.56. The Kier molecular flexibility index (Phi) is 2.55. The van der Waals surface area contributed by atoms with Crippen molar-refractivity contribution in [2.24, 2.45) is 11.8 Å². The molecule has 0 aromatic rings. The molecule has 2 fully saturated rings. The molecule has 2 heteroatoms. The highest BCUT2D eigenvalue weighted by molar-refractivity contribution is 5.15. The van der Waals surface area contributed by atoms with Crippen molar-refractivity contribution in [3.05, 3.63) is 0 Å². The molecule has 0 saturated heterocycles. The van der Waals surface area contributed by atoms with Gasteiger partial charge in [-0.25, -0.2) is 0 Å². The minimum absolute atomic E-state index is 0.130. The van der Waals surface area contributed by atoms with Gasteiger partial charge in [-0.2, -0.15) is 0 Å². The molecule has 2 aliphatic carbocycles. The van der Waals surface area contributed by atoms with Crippen LogP contribution in [0.25, 0.3) is 0 Å². The number of hydrogen-bond acceptors (Lipinski definition) is 2. The second-order valence-electron chi connectivity index (χ2n) is 4.73. The van der Waals surface area contributed by atoms with Gasteiger partial charge in [0.1, 0.15) is 5.60 Å². The molecule has 0 heterocycles. The van der Waals surface area contributed by atoms with Crippen LogP contribution in [0.3, 0.4) is 0 Å². The van der Waals surface area contributed by atoms with Gasteiger partial charge in [0, 0.05) is 5.92 Å². The predicted molar refractivity (Wildman–Crippen MR) is 54.5 cm³/mol. The van der Waals surface area contributed by atoms with Crippen LogP contribution in [0.15, 0.2) is 0 Å². The molecule has 0 aliphatic heterocycles. The second-order valence-corrected chi connectivity index (χ2v) is 4.73. The van der Waals surface area contributed by atoms with Crippen molar-refractivity contribution in [2.45, 2.75) is 50.2 Å². The number of aliphatic hydroxyl groups excluding tert-OH is 1. The first-order chi connectivity index (χ1) is 6.67. The van der Waals surface area contributed by atoms with E-state index in [0.29, 0.717) is 12.8 Å². The van der Waals surface area contributed by atoms with E-state index in [2.05, 4.69) is 5.92 Å². The van der Waals surface area contributed by atoms with E-state index in [4.69, 9.17) is 6.42 Å². The Morgan fingerprint density at radius 3 is 2.64 bits per heavy atom. The van der Waals surface area contributed by atoms with Crippen LogP contribution >= 0.6 is 0 Å². The third kappa shape index (κ3) is 1.45. The minimum atomic E-state index is -0.940. The third-order valence-electron chi connectivity index (χ3n) is 4.00. The first-order valence-corrected chi connectivity index (χ1v) is 5.55. The van der Waals surface area contributed by atoms with E-state index in [1.807, 2.05) is 0 Å². The molecular formula is C12H18O2. The topological polar surface area (TPSA) is 40.5 Å². The lowest BCUT2D eigenvalue weighted by Crippen LogP contribution is -2.50. The summed E-state index contributed by atoms with van der Waals surface area (Å²) < 4.78 is 0. The predicted octanol–water partition coefficient (Wildman–Crippen LogP) is 1.31. The first kappa shape index (κ1) is 10.0. The standard InChI is InChI=1S/C12H18O2/c1-2-12(14)8-7-11(13)9-5-3-4-6-10(9)12/h1,9-11,13-14H,3-8H2. The SMILES string of the molecule is C#CC1(O)CCC(O)C2CCCCC21. The minimum Gasteiger partial charge on any atom is -0.393 e. The molecule has 2 aliphatic rings. The molecule has 0 bridgehead atoms. The average Bonchev–Trinajstić information content (AvgIpc) is 2.24. The Morgan fingerprint density at radius 1 is 1.21 bits per heavy atom. The van der Waals surface area contributed by atoms with Crippen LogP contribution in [0.4, 0.5) is 0 Å². The summed E-state index contributed by atoms with van der Waals surface area (Å²) in [5.74, 6) is 2.91. The molecule has 14 heavy (non-hydrogen) atoms. The van der Waals surface area contributed by atoms with Gasteiger partial charge in [-0.3, -0.25) is 0 Å². The molecule has 4 atom stereocenters. The number of aliphatic hydroxyl groups is 2. The summed E-state index contributed by atoms with van der Waals surface area (Å²) in [4.78, 5) is 0. The van der Waals surface area contributed by atoms with Gasteiger partial charge < -0.3 is 10.2 Å². The normalized spacial score (nSPS) is 47.9. The van der Waals surface area contributed by atoms with Crippen molar-refractivity contribution < 1.29 is 10.2 Å². The van der Waals surface area contributed by atoms with Crippen LogP contribution < -0.4 is 0 Å². The van der Waals surface area contributed by atoms with Gasteiger partial charge >= 0.3 is 0 Å². The monoisotopic (exact) mass is 194 g/mol. The Balaban J connectivity index is 2.21. The van der Waals surface area contributed by atoms with Gasteiger partial charge in [0.05, 0.1) is 6.10 Å². The van der Waals surface area contributed by atoms with Gasteiger partial charge in [-0.05, 0) is 31.6 Å². The van der Waals surface area contributed by atoms with E-state index >= 15 is 0 Å². The lowest BCUT2D eigenvalue weighted by atomic mass is 9.62. The van der Waals surface area contributed by atoms with Crippen LogP contribution in [-0.4, -0.2) is 21.9 Å².